The minimum Gasteiger partial charge on any atom is -0.347 e. The zero-order chi connectivity index (χ0) is 17.5. The van der Waals surface area contributed by atoms with E-state index in [2.05, 4.69) is 5.32 Å². The summed E-state index contributed by atoms with van der Waals surface area (Å²) in [5, 5.41) is 3.10. The zero-order valence-electron chi connectivity index (χ0n) is 14.1. The van der Waals surface area contributed by atoms with E-state index < -0.39 is 0 Å². The molecule has 2 aromatic carbocycles. The maximum Gasteiger partial charge on any atom is 0.230 e. The summed E-state index contributed by atoms with van der Waals surface area (Å²) >= 11 is 1.52. The molecule has 1 heterocycles. The van der Waals surface area contributed by atoms with Gasteiger partial charge < -0.3 is 10.2 Å². The summed E-state index contributed by atoms with van der Waals surface area (Å²) in [6.07, 6.45) is 1.51. The molecule has 0 spiro atoms. The molecule has 5 heteroatoms. The van der Waals surface area contributed by atoms with Crippen molar-refractivity contribution in [1.29, 1.82) is 0 Å². The van der Waals surface area contributed by atoms with Gasteiger partial charge in [-0.2, -0.15) is 0 Å². The van der Waals surface area contributed by atoms with Crippen LogP contribution in [0.4, 0.5) is 0 Å². The fraction of sp³-hybridized carbons (Fsp3) is 0.300. The Kier molecular flexibility index (Phi) is 6.12. The van der Waals surface area contributed by atoms with Gasteiger partial charge in [0.05, 0.1) is 11.8 Å². The lowest BCUT2D eigenvalue weighted by atomic mass is 10.1. The summed E-state index contributed by atoms with van der Waals surface area (Å²) in [6.45, 7) is 1.31. The third kappa shape index (κ3) is 5.10. The minimum absolute atomic E-state index is 0.0191. The molecule has 1 atom stereocenters. The van der Waals surface area contributed by atoms with Crippen LogP contribution in [0, 0.1) is 0 Å². The molecule has 1 aliphatic heterocycles. The van der Waals surface area contributed by atoms with Crippen LogP contribution in [0.2, 0.25) is 0 Å². The second-order valence-corrected chi connectivity index (χ2v) is 7.12. The van der Waals surface area contributed by atoms with Gasteiger partial charge in [-0.05, 0) is 24.1 Å². The first-order chi connectivity index (χ1) is 12.2. The van der Waals surface area contributed by atoms with E-state index >= 15 is 0 Å². The highest BCUT2D eigenvalue weighted by molar-refractivity contribution is 8.00. The van der Waals surface area contributed by atoms with Crippen molar-refractivity contribution < 1.29 is 9.59 Å². The van der Waals surface area contributed by atoms with Crippen LogP contribution in [0.25, 0.3) is 0 Å². The van der Waals surface area contributed by atoms with Gasteiger partial charge in [-0.15, -0.1) is 11.8 Å². The van der Waals surface area contributed by atoms with Crippen molar-refractivity contribution in [2.24, 2.45) is 0 Å². The third-order valence-electron chi connectivity index (χ3n) is 4.22. The standard InChI is InChI=1S/C20H22N2O2S/c23-19(15-25-17-10-5-2-6-11-17)21-18(16-8-3-1-4-9-16)14-22-13-7-12-20(22)24/h1-6,8-11,18H,7,12-15H2,(H,21,23). The molecule has 0 aliphatic carbocycles. The molecule has 0 radical (unpaired) electrons. The van der Waals surface area contributed by atoms with E-state index in [4.69, 9.17) is 0 Å². The number of amides is 2. The smallest absolute Gasteiger partial charge is 0.230 e. The Labute approximate surface area is 152 Å². The van der Waals surface area contributed by atoms with Crippen molar-refractivity contribution in [3.8, 4) is 0 Å². The summed E-state index contributed by atoms with van der Waals surface area (Å²) in [5.41, 5.74) is 1.03. The Morgan fingerprint density at radius 2 is 1.76 bits per heavy atom. The molecular formula is C20H22N2O2S. The van der Waals surface area contributed by atoms with Crippen molar-refractivity contribution in [3.05, 3.63) is 66.2 Å². The van der Waals surface area contributed by atoms with E-state index in [1.165, 1.54) is 11.8 Å². The average molecular weight is 354 g/mol. The van der Waals surface area contributed by atoms with E-state index in [-0.39, 0.29) is 17.9 Å². The molecule has 1 aliphatic rings. The molecule has 0 aromatic heterocycles. The van der Waals surface area contributed by atoms with Crippen molar-refractivity contribution in [2.45, 2.75) is 23.8 Å². The van der Waals surface area contributed by atoms with Crippen molar-refractivity contribution >= 4 is 23.6 Å². The number of nitrogens with zero attached hydrogens (tertiary/aromatic N) is 1. The SMILES string of the molecule is O=C(CSc1ccccc1)NC(CN1CCCC1=O)c1ccccc1. The van der Waals surface area contributed by atoms with Gasteiger partial charge >= 0.3 is 0 Å². The normalized spacial score (nSPS) is 15.2. The Hall–Kier alpha value is -2.27. The first-order valence-electron chi connectivity index (χ1n) is 8.52. The lowest BCUT2D eigenvalue weighted by Crippen LogP contribution is -2.39. The predicted octanol–water partition coefficient (Wildman–Crippen LogP) is 3.26. The number of carbonyl (C=O) groups is 2. The second kappa shape index (κ2) is 8.72. The lowest BCUT2D eigenvalue weighted by molar-refractivity contribution is -0.128. The van der Waals surface area contributed by atoms with Crippen LogP contribution in [0.5, 0.6) is 0 Å². The molecule has 3 rings (SSSR count). The van der Waals surface area contributed by atoms with Crippen LogP contribution in [-0.2, 0) is 9.59 Å². The number of hydrogen-bond acceptors (Lipinski definition) is 3. The van der Waals surface area contributed by atoms with Crippen LogP contribution < -0.4 is 5.32 Å². The summed E-state index contributed by atoms with van der Waals surface area (Å²) in [4.78, 5) is 27.3. The Bertz CT molecular complexity index is 706. The number of carbonyl (C=O) groups excluding carboxylic acids is 2. The molecule has 1 unspecified atom stereocenters. The van der Waals surface area contributed by atoms with Gasteiger partial charge in [0.1, 0.15) is 0 Å². The number of benzene rings is 2. The molecular weight excluding hydrogens is 332 g/mol. The summed E-state index contributed by atoms with van der Waals surface area (Å²) < 4.78 is 0. The number of thioether (sulfide) groups is 1. The first-order valence-corrected chi connectivity index (χ1v) is 9.51. The van der Waals surface area contributed by atoms with Gasteiger partial charge in [0.25, 0.3) is 0 Å². The summed E-state index contributed by atoms with van der Waals surface area (Å²) in [6, 6.07) is 19.6. The van der Waals surface area contributed by atoms with Crippen LogP contribution in [0.3, 0.4) is 0 Å². The van der Waals surface area contributed by atoms with Crippen LogP contribution >= 0.6 is 11.8 Å². The van der Waals surface area contributed by atoms with Crippen LogP contribution in [-0.4, -0.2) is 35.6 Å². The summed E-state index contributed by atoms with van der Waals surface area (Å²) in [7, 11) is 0. The zero-order valence-corrected chi connectivity index (χ0v) is 14.9. The third-order valence-corrected chi connectivity index (χ3v) is 5.24. The Balaban J connectivity index is 1.62. The number of nitrogens with one attached hydrogen (secondary N) is 1. The molecule has 2 amide bonds. The van der Waals surface area contributed by atoms with Gasteiger partial charge in [0.2, 0.25) is 11.8 Å². The number of hydrogen-bond donors (Lipinski definition) is 1. The van der Waals surface area contributed by atoms with E-state index in [1.807, 2.05) is 65.6 Å². The molecule has 1 N–H and O–H groups in total. The van der Waals surface area contributed by atoms with E-state index in [1.54, 1.807) is 0 Å². The largest absolute Gasteiger partial charge is 0.347 e. The monoisotopic (exact) mass is 354 g/mol. The Morgan fingerprint density at radius 3 is 2.40 bits per heavy atom. The molecule has 25 heavy (non-hydrogen) atoms. The minimum atomic E-state index is -0.174. The highest BCUT2D eigenvalue weighted by Gasteiger charge is 2.25. The maximum absolute atomic E-state index is 12.4. The molecule has 2 aromatic rings. The highest BCUT2D eigenvalue weighted by atomic mass is 32.2. The van der Waals surface area contributed by atoms with Crippen molar-refractivity contribution in [3.63, 3.8) is 0 Å². The van der Waals surface area contributed by atoms with E-state index in [0.717, 1.165) is 23.4 Å². The molecule has 0 bridgehead atoms. The highest BCUT2D eigenvalue weighted by Crippen LogP contribution is 2.20. The van der Waals surface area contributed by atoms with Crippen LogP contribution in [0.15, 0.2) is 65.6 Å². The molecule has 1 fully saturated rings. The quantitative estimate of drug-likeness (QED) is 0.777. The van der Waals surface area contributed by atoms with E-state index in [9.17, 15) is 9.59 Å². The first kappa shape index (κ1) is 17.5. The fourth-order valence-corrected chi connectivity index (χ4v) is 3.67. The maximum atomic E-state index is 12.4. The van der Waals surface area contributed by atoms with Gasteiger partial charge in [-0.25, -0.2) is 0 Å². The number of rotatable bonds is 7. The fourth-order valence-electron chi connectivity index (χ4n) is 2.94. The van der Waals surface area contributed by atoms with E-state index in [0.29, 0.717) is 18.7 Å². The average Bonchev–Trinajstić information content (AvgIpc) is 3.06. The Morgan fingerprint density at radius 1 is 1.08 bits per heavy atom. The second-order valence-electron chi connectivity index (χ2n) is 6.08. The summed E-state index contributed by atoms with van der Waals surface area (Å²) in [5.74, 6) is 0.518. The number of likely N-dealkylation sites (tertiary alicyclic amines) is 1. The molecule has 4 nitrogen and oxygen atoms in total. The van der Waals surface area contributed by atoms with Crippen molar-refractivity contribution in [1.82, 2.24) is 10.2 Å². The van der Waals surface area contributed by atoms with Gasteiger partial charge in [-0.3, -0.25) is 9.59 Å². The van der Waals surface area contributed by atoms with Crippen LogP contribution in [0.1, 0.15) is 24.4 Å². The predicted molar refractivity (Wildman–Crippen MR) is 100 cm³/mol. The molecule has 0 saturated carbocycles. The van der Waals surface area contributed by atoms with Crippen molar-refractivity contribution in [2.75, 3.05) is 18.8 Å². The lowest BCUT2D eigenvalue weighted by Gasteiger charge is -2.25. The molecule has 1 saturated heterocycles. The van der Waals surface area contributed by atoms with Gasteiger partial charge in [0.15, 0.2) is 0 Å². The van der Waals surface area contributed by atoms with Gasteiger partial charge in [-0.1, -0.05) is 48.5 Å². The molecule has 130 valence electrons. The topological polar surface area (TPSA) is 49.4 Å². The van der Waals surface area contributed by atoms with Gasteiger partial charge in [0, 0.05) is 24.4 Å².